The maximum atomic E-state index is 11.6. The first-order valence-electron chi connectivity index (χ1n) is 4.66. The zero-order chi connectivity index (χ0) is 11.7. The van der Waals surface area contributed by atoms with Crippen molar-refractivity contribution in [3.8, 4) is 6.07 Å². The van der Waals surface area contributed by atoms with Crippen molar-refractivity contribution in [3.05, 3.63) is 22.3 Å². The fourth-order valence-corrected chi connectivity index (χ4v) is 2.47. The van der Waals surface area contributed by atoms with Gasteiger partial charge in [0, 0.05) is 24.4 Å². The number of nitriles is 1. The molecule has 82 valence electrons. The topological polar surface area (TPSA) is 57.0 Å². The molecule has 4 nitrogen and oxygen atoms in total. The second-order valence-electron chi connectivity index (χ2n) is 3.50. The minimum atomic E-state index is 0.0120. The molecule has 0 spiro atoms. The Hall–Kier alpha value is -1.06. The number of nitrogens with zero attached hydrogens (tertiary/aromatic N) is 3. The molecule has 0 radical (unpaired) electrons. The summed E-state index contributed by atoms with van der Waals surface area (Å²) in [4.78, 5) is 17.3. The van der Waals surface area contributed by atoms with Gasteiger partial charge in [0.15, 0.2) is 0 Å². The van der Waals surface area contributed by atoms with E-state index in [-0.39, 0.29) is 11.2 Å². The van der Waals surface area contributed by atoms with Gasteiger partial charge in [-0.1, -0.05) is 0 Å². The summed E-state index contributed by atoms with van der Waals surface area (Å²) in [7, 11) is 0. The number of carbonyl (C=O) groups is 1. The predicted octanol–water partition coefficient (Wildman–Crippen LogP) is 1.75. The molecule has 2 heterocycles. The lowest BCUT2D eigenvalue weighted by Crippen LogP contribution is -2.26. The molecule has 16 heavy (non-hydrogen) atoms. The average molecular weight is 298 g/mol. The molecule has 1 aliphatic rings. The maximum absolute atomic E-state index is 11.6. The summed E-state index contributed by atoms with van der Waals surface area (Å²) in [5, 5.41) is 8.76. The zero-order valence-electron chi connectivity index (χ0n) is 8.22. The summed E-state index contributed by atoms with van der Waals surface area (Å²) in [6.45, 7) is 0.555. The molecule has 1 atom stereocenters. The third kappa shape index (κ3) is 2.06. The third-order valence-corrected chi connectivity index (χ3v) is 3.24. The number of hydrogen-bond acceptors (Lipinski definition) is 4. The van der Waals surface area contributed by atoms with Crippen LogP contribution in [-0.4, -0.2) is 22.7 Å². The average Bonchev–Trinajstić information content (AvgIpc) is 2.57. The third-order valence-electron chi connectivity index (χ3n) is 2.31. The van der Waals surface area contributed by atoms with Crippen molar-refractivity contribution in [1.29, 1.82) is 5.26 Å². The van der Waals surface area contributed by atoms with Crippen molar-refractivity contribution < 1.29 is 4.79 Å². The number of amides is 1. The van der Waals surface area contributed by atoms with Crippen molar-refractivity contribution in [1.82, 2.24) is 4.98 Å². The summed E-state index contributed by atoms with van der Waals surface area (Å²) in [6.07, 6.45) is 1.89. The molecule has 0 saturated carbocycles. The molecular weight excluding hydrogens is 290 g/mol. The monoisotopic (exact) mass is 297 g/mol. The van der Waals surface area contributed by atoms with Gasteiger partial charge in [-0.3, -0.25) is 9.69 Å². The molecule has 1 aliphatic heterocycles. The van der Waals surface area contributed by atoms with Gasteiger partial charge in [0.25, 0.3) is 0 Å². The number of halogens is 1. The highest BCUT2D eigenvalue weighted by Crippen LogP contribution is 2.29. The summed E-state index contributed by atoms with van der Waals surface area (Å²) in [6, 6.07) is 3.65. The molecule has 2 rings (SSSR count). The van der Waals surface area contributed by atoms with E-state index in [0.717, 1.165) is 0 Å². The van der Waals surface area contributed by atoms with Crippen molar-refractivity contribution in [2.24, 2.45) is 0 Å². The summed E-state index contributed by atoms with van der Waals surface area (Å²) >= 11 is 7.59. The van der Waals surface area contributed by atoms with Crippen molar-refractivity contribution in [3.63, 3.8) is 0 Å². The van der Waals surface area contributed by atoms with E-state index in [1.807, 2.05) is 6.07 Å². The largest absolute Gasteiger partial charge is 0.295 e. The lowest BCUT2D eigenvalue weighted by Gasteiger charge is -2.16. The fourth-order valence-electron chi connectivity index (χ4n) is 1.58. The Balaban J connectivity index is 2.35. The van der Waals surface area contributed by atoms with E-state index in [4.69, 9.17) is 5.26 Å². The van der Waals surface area contributed by atoms with Crippen molar-refractivity contribution in [2.45, 2.75) is 11.7 Å². The summed E-state index contributed by atoms with van der Waals surface area (Å²) in [5.41, 5.74) is 0.463. The van der Waals surface area contributed by atoms with E-state index >= 15 is 0 Å². The second-order valence-corrected chi connectivity index (χ2v) is 5.09. The van der Waals surface area contributed by atoms with Gasteiger partial charge in [0.1, 0.15) is 11.9 Å². The molecule has 1 aromatic heterocycles. The van der Waals surface area contributed by atoms with Crippen LogP contribution in [0.2, 0.25) is 0 Å². The number of carbonyl (C=O) groups excluding carboxylic acids is 1. The van der Waals surface area contributed by atoms with Crippen LogP contribution >= 0.6 is 28.6 Å². The Morgan fingerprint density at radius 1 is 1.69 bits per heavy atom. The molecule has 1 amide bonds. The van der Waals surface area contributed by atoms with Crippen molar-refractivity contribution >= 4 is 40.3 Å². The van der Waals surface area contributed by atoms with Gasteiger partial charge in [0.2, 0.25) is 5.91 Å². The van der Waals surface area contributed by atoms with E-state index < -0.39 is 0 Å². The van der Waals surface area contributed by atoms with E-state index in [1.165, 1.54) is 6.20 Å². The molecule has 0 bridgehead atoms. The smallest absolute Gasteiger partial charge is 0.229 e. The van der Waals surface area contributed by atoms with E-state index in [9.17, 15) is 4.79 Å². The van der Waals surface area contributed by atoms with Gasteiger partial charge in [0.05, 0.1) is 10.0 Å². The Bertz CT molecular complexity index is 485. The molecule has 1 unspecified atom stereocenters. The Morgan fingerprint density at radius 3 is 2.94 bits per heavy atom. The molecular formula is C10H8BrN3OS. The van der Waals surface area contributed by atoms with Crippen LogP contribution in [0.5, 0.6) is 0 Å². The number of thiol groups is 1. The van der Waals surface area contributed by atoms with Crippen LogP contribution in [0.25, 0.3) is 0 Å². The fraction of sp³-hybridized carbons (Fsp3) is 0.300. The van der Waals surface area contributed by atoms with Crippen LogP contribution in [0.15, 0.2) is 16.7 Å². The Labute approximate surface area is 107 Å². The lowest BCUT2D eigenvalue weighted by atomic mass is 10.3. The SMILES string of the molecule is N#Cc1cnc(N2CC(S)CC2=O)c(Br)c1. The van der Waals surface area contributed by atoms with Gasteiger partial charge in [-0.15, -0.1) is 0 Å². The molecule has 1 saturated heterocycles. The number of anilines is 1. The summed E-state index contributed by atoms with van der Waals surface area (Å²) in [5.74, 6) is 0.568. The van der Waals surface area contributed by atoms with E-state index in [0.29, 0.717) is 28.8 Å². The second kappa shape index (κ2) is 4.44. The quantitative estimate of drug-likeness (QED) is 0.804. The van der Waals surface area contributed by atoms with E-state index in [2.05, 4.69) is 33.5 Å². The normalized spacial score (nSPS) is 19.9. The molecule has 1 aromatic rings. The first kappa shape index (κ1) is 11.4. The highest BCUT2D eigenvalue weighted by atomic mass is 79.9. The first-order valence-corrected chi connectivity index (χ1v) is 5.97. The minimum absolute atomic E-state index is 0.0120. The standard InChI is InChI=1S/C10H8BrN3OS/c11-8-1-6(3-12)4-13-10(8)14-5-7(16)2-9(14)15/h1,4,7,16H,2,5H2. The molecule has 0 aromatic carbocycles. The van der Waals surface area contributed by atoms with Crippen LogP contribution < -0.4 is 4.90 Å². The van der Waals surface area contributed by atoms with Gasteiger partial charge >= 0.3 is 0 Å². The van der Waals surface area contributed by atoms with Crippen LogP contribution in [0.1, 0.15) is 12.0 Å². The highest BCUT2D eigenvalue weighted by molar-refractivity contribution is 9.10. The minimum Gasteiger partial charge on any atom is -0.295 e. The maximum Gasteiger partial charge on any atom is 0.229 e. The summed E-state index contributed by atoms with van der Waals surface area (Å²) < 4.78 is 0.655. The number of pyridine rings is 1. The van der Waals surface area contributed by atoms with E-state index in [1.54, 1.807) is 11.0 Å². The number of aromatic nitrogens is 1. The van der Waals surface area contributed by atoms with Gasteiger partial charge in [-0.25, -0.2) is 4.98 Å². The predicted molar refractivity (Wildman–Crippen MR) is 66.4 cm³/mol. The Kier molecular flexibility index (Phi) is 3.17. The number of hydrogen-bond donors (Lipinski definition) is 1. The lowest BCUT2D eigenvalue weighted by molar-refractivity contribution is -0.117. The number of rotatable bonds is 1. The molecule has 0 aliphatic carbocycles. The highest BCUT2D eigenvalue weighted by Gasteiger charge is 2.30. The first-order chi connectivity index (χ1) is 7.61. The molecule has 0 N–H and O–H groups in total. The van der Waals surface area contributed by atoms with Gasteiger partial charge < -0.3 is 0 Å². The van der Waals surface area contributed by atoms with Gasteiger partial charge in [-0.2, -0.15) is 17.9 Å². The molecule has 6 heteroatoms. The zero-order valence-corrected chi connectivity index (χ0v) is 10.7. The van der Waals surface area contributed by atoms with Crippen LogP contribution in [0.3, 0.4) is 0 Å². The molecule has 1 fully saturated rings. The Morgan fingerprint density at radius 2 is 2.44 bits per heavy atom. The van der Waals surface area contributed by atoms with Crippen LogP contribution in [0.4, 0.5) is 5.82 Å². The van der Waals surface area contributed by atoms with Crippen LogP contribution in [0, 0.1) is 11.3 Å². The van der Waals surface area contributed by atoms with Crippen molar-refractivity contribution in [2.75, 3.05) is 11.4 Å². The van der Waals surface area contributed by atoms with Gasteiger partial charge in [-0.05, 0) is 22.0 Å². The van der Waals surface area contributed by atoms with Crippen LogP contribution in [-0.2, 0) is 4.79 Å².